The zero-order chi connectivity index (χ0) is 13.8. The van der Waals surface area contributed by atoms with Crippen molar-refractivity contribution in [1.29, 1.82) is 0 Å². The van der Waals surface area contributed by atoms with Crippen molar-refractivity contribution in [1.82, 2.24) is 4.98 Å². The molecule has 0 spiro atoms. The van der Waals surface area contributed by atoms with Crippen molar-refractivity contribution in [3.8, 4) is 0 Å². The molecule has 0 fully saturated rings. The van der Waals surface area contributed by atoms with Gasteiger partial charge in [0, 0.05) is 11.4 Å². The van der Waals surface area contributed by atoms with Crippen molar-refractivity contribution < 1.29 is 0 Å². The summed E-state index contributed by atoms with van der Waals surface area (Å²) in [4.78, 5) is 5.57. The van der Waals surface area contributed by atoms with E-state index in [2.05, 4.69) is 41.5 Å². The summed E-state index contributed by atoms with van der Waals surface area (Å²) in [5.41, 5.74) is 1.23. The van der Waals surface area contributed by atoms with Crippen LogP contribution in [0, 0.1) is 6.92 Å². The van der Waals surface area contributed by atoms with Gasteiger partial charge in [-0.15, -0.1) is 0 Å². The van der Waals surface area contributed by atoms with Gasteiger partial charge in [0.1, 0.15) is 10.8 Å². The first kappa shape index (κ1) is 14.5. The highest BCUT2D eigenvalue weighted by molar-refractivity contribution is 7.99. The molecule has 2 aromatic rings. The molecular formula is C14H14Cl2N2S. The van der Waals surface area contributed by atoms with Crippen LogP contribution in [0.5, 0.6) is 0 Å². The van der Waals surface area contributed by atoms with Gasteiger partial charge in [-0.05, 0) is 32.0 Å². The standard InChI is InChI=1S/C14H14Cl2N2S/c1-3-17-13-11(15)8-12(16)14(18-13)19-10-6-4-9(2)5-7-10/h4-8H,3H2,1-2H3,(H,17,18). The van der Waals surface area contributed by atoms with E-state index in [0.29, 0.717) is 15.9 Å². The van der Waals surface area contributed by atoms with Gasteiger partial charge in [0.05, 0.1) is 10.0 Å². The fraction of sp³-hybridized carbons (Fsp3) is 0.214. The Balaban J connectivity index is 2.28. The minimum absolute atomic E-state index is 0.542. The third kappa shape index (κ3) is 3.78. The Morgan fingerprint density at radius 3 is 2.47 bits per heavy atom. The van der Waals surface area contributed by atoms with Crippen molar-refractivity contribution in [3.63, 3.8) is 0 Å². The van der Waals surface area contributed by atoms with Crippen LogP contribution in [-0.2, 0) is 0 Å². The van der Waals surface area contributed by atoms with Crippen LogP contribution in [0.4, 0.5) is 5.82 Å². The van der Waals surface area contributed by atoms with Gasteiger partial charge in [-0.25, -0.2) is 4.98 Å². The van der Waals surface area contributed by atoms with Gasteiger partial charge in [-0.1, -0.05) is 52.7 Å². The van der Waals surface area contributed by atoms with Crippen molar-refractivity contribution in [3.05, 3.63) is 45.9 Å². The van der Waals surface area contributed by atoms with Crippen LogP contribution in [0.25, 0.3) is 0 Å². The molecule has 0 atom stereocenters. The lowest BCUT2D eigenvalue weighted by Crippen LogP contribution is -2.00. The van der Waals surface area contributed by atoms with Crippen LogP contribution < -0.4 is 5.32 Å². The Bertz CT molecular complexity index is 570. The summed E-state index contributed by atoms with van der Waals surface area (Å²) >= 11 is 13.8. The van der Waals surface area contributed by atoms with Gasteiger partial charge in [0.2, 0.25) is 0 Å². The van der Waals surface area contributed by atoms with Crippen LogP contribution in [0.15, 0.2) is 40.3 Å². The number of hydrogen-bond acceptors (Lipinski definition) is 3. The Labute approximate surface area is 127 Å². The summed E-state index contributed by atoms with van der Waals surface area (Å²) in [6, 6.07) is 9.97. The monoisotopic (exact) mass is 312 g/mol. The Morgan fingerprint density at radius 2 is 1.84 bits per heavy atom. The number of rotatable bonds is 4. The van der Waals surface area contributed by atoms with Crippen LogP contribution in [0.2, 0.25) is 10.0 Å². The molecule has 2 nitrogen and oxygen atoms in total. The quantitative estimate of drug-likeness (QED) is 0.831. The summed E-state index contributed by atoms with van der Waals surface area (Å²) in [5, 5.41) is 4.99. The summed E-state index contributed by atoms with van der Waals surface area (Å²) in [6.07, 6.45) is 0. The fourth-order valence-electron chi connectivity index (χ4n) is 1.53. The maximum atomic E-state index is 6.19. The summed E-state index contributed by atoms with van der Waals surface area (Å²) in [6.45, 7) is 4.83. The van der Waals surface area contributed by atoms with Crippen LogP contribution in [-0.4, -0.2) is 11.5 Å². The molecule has 100 valence electrons. The number of nitrogens with one attached hydrogen (secondary N) is 1. The van der Waals surface area contributed by atoms with Crippen molar-refractivity contribution in [2.24, 2.45) is 0 Å². The van der Waals surface area contributed by atoms with E-state index < -0.39 is 0 Å². The van der Waals surface area contributed by atoms with Gasteiger partial charge in [0.15, 0.2) is 0 Å². The molecule has 0 saturated carbocycles. The second-order valence-corrected chi connectivity index (χ2v) is 5.93. The highest BCUT2D eigenvalue weighted by Crippen LogP contribution is 2.35. The number of hydrogen-bond donors (Lipinski definition) is 1. The number of aryl methyl sites for hydroxylation is 1. The van der Waals surface area contributed by atoms with Gasteiger partial charge in [0.25, 0.3) is 0 Å². The van der Waals surface area contributed by atoms with E-state index in [1.54, 1.807) is 6.07 Å². The molecule has 0 aliphatic carbocycles. The molecule has 5 heteroatoms. The van der Waals surface area contributed by atoms with Gasteiger partial charge >= 0.3 is 0 Å². The molecule has 19 heavy (non-hydrogen) atoms. The number of nitrogens with zero attached hydrogens (tertiary/aromatic N) is 1. The minimum atomic E-state index is 0.542. The summed E-state index contributed by atoms with van der Waals surface area (Å²) in [5.74, 6) is 0.670. The fourth-order valence-corrected chi connectivity index (χ4v) is 2.86. The van der Waals surface area contributed by atoms with Gasteiger partial charge in [-0.3, -0.25) is 0 Å². The van der Waals surface area contributed by atoms with E-state index in [4.69, 9.17) is 23.2 Å². The van der Waals surface area contributed by atoms with Crippen LogP contribution in [0.1, 0.15) is 12.5 Å². The van der Waals surface area contributed by atoms with Crippen molar-refractivity contribution in [2.75, 3.05) is 11.9 Å². The van der Waals surface area contributed by atoms with Crippen LogP contribution >= 0.6 is 35.0 Å². The maximum Gasteiger partial charge on any atom is 0.146 e. The highest BCUT2D eigenvalue weighted by atomic mass is 35.5. The van der Waals surface area contributed by atoms with Crippen molar-refractivity contribution in [2.45, 2.75) is 23.8 Å². The molecular weight excluding hydrogens is 299 g/mol. The number of anilines is 1. The number of benzene rings is 1. The van der Waals surface area contributed by atoms with E-state index in [0.717, 1.165) is 16.5 Å². The van der Waals surface area contributed by atoms with E-state index >= 15 is 0 Å². The summed E-state index contributed by atoms with van der Waals surface area (Å²) < 4.78 is 0. The minimum Gasteiger partial charge on any atom is -0.369 e. The Hall–Kier alpha value is -0.900. The molecule has 1 heterocycles. The van der Waals surface area contributed by atoms with Gasteiger partial charge in [-0.2, -0.15) is 0 Å². The normalized spacial score (nSPS) is 10.5. The van der Waals surface area contributed by atoms with E-state index in [1.807, 2.05) is 6.92 Å². The molecule has 1 aromatic carbocycles. The number of aromatic nitrogens is 1. The SMILES string of the molecule is CCNc1nc(Sc2ccc(C)cc2)c(Cl)cc1Cl. The van der Waals surface area contributed by atoms with Gasteiger partial charge < -0.3 is 5.32 Å². The molecule has 0 saturated heterocycles. The summed E-state index contributed by atoms with van der Waals surface area (Å²) in [7, 11) is 0. The topological polar surface area (TPSA) is 24.9 Å². The lowest BCUT2D eigenvalue weighted by atomic mass is 10.2. The molecule has 1 aromatic heterocycles. The average Bonchev–Trinajstić information content (AvgIpc) is 2.38. The molecule has 0 amide bonds. The Morgan fingerprint density at radius 1 is 1.16 bits per heavy atom. The molecule has 0 radical (unpaired) electrons. The largest absolute Gasteiger partial charge is 0.369 e. The third-order valence-corrected chi connectivity index (χ3v) is 4.18. The third-order valence-electron chi connectivity index (χ3n) is 2.48. The van der Waals surface area contributed by atoms with Crippen molar-refractivity contribution >= 4 is 40.8 Å². The molecule has 0 aliphatic rings. The predicted molar refractivity (Wildman–Crippen MR) is 83.7 cm³/mol. The van der Waals surface area contributed by atoms with E-state index in [9.17, 15) is 0 Å². The average molecular weight is 313 g/mol. The van der Waals surface area contributed by atoms with E-state index in [-0.39, 0.29) is 0 Å². The zero-order valence-corrected chi connectivity index (χ0v) is 13.0. The van der Waals surface area contributed by atoms with E-state index in [1.165, 1.54) is 17.3 Å². The van der Waals surface area contributed by atoms with Crippen LogP contribution in [0.3, 0.4) is 0 Å². The first-order valence-corrected chi connectivity index (χ1v) is 7.52. The Kier molecular flexibility index (Phi) is 4.97. The first-order chi connectivity index (χ1) is 9.10. The molecule has 1 N–H and O–H groups in total. The maximum absolute atomic E-state index is 6.19. The predicted octanol–water partition coefficient (Wildman–Crippen LogP) is 5.28. The second kappa shape index (κ2) is 6.51. The lowest BCUT2D eigenvalue weighted by molar-refractivity contribution is 1.08. The molecule has 0 unspecified atom stereocenters. The smallest absolute Gasteiger partial charge is 0.146 e. The first-order valence-electron chi connectivity index (χ1n) is 5.94. The molecule has 2 rings (SSSR count). The zero-order valence-electron chi connectivity index (χ0n) is 10.7. The lowest BCUT2D eigenvalue weighted by Gasteiger charge is -2.09. The number of pyridine rings is 1. The molecule has 0 aliphatic heterocycles. The second-order valence-electron chi connectivity index (χ2n) is 4.05. The number of halogens is 2. The molecule has 0 bridgehead atoms. The highest BCUT2D eigenvalue weighted by Gasteiger charge is 2.10.